The van der Waals surface area contributed by atoms with Crippen molar-refractivity contribution < 1.29 is 53.7 Å². The molecule has 2 aliphatic rings. The number of aliphatic carboxylic acids is 2. The number of hydrogen-bond donors (Lipinski definition) is 8. The molecule has 45 heavy (non-hydrogen) atoms. The monoisotopic (exact) mass is 632 g/mol. The van der Waals surface area contributed by atoms with Crippen molar-refractivity contribution in [3.8, 4) is 0 Å². The van der Waals surface area contributed by atoms with Crippen molar-refractivity contribution in [3.05, 3.63) is 35.9 Å². The molecule has 2 aliphatic heterocycles. The smallest absolute Gasteiger partial charge is 0.305 e. The minimum absolute atomic E-state index is 0.0349. The molecular formula is C28H36N6O11. The maximum absolute atomic E-state index is 13.5. The molecule has 244 valence electrons. The number of nitrogens with one attached hydrogen (secondary N) is 5. The number of carboxylic acid groups (broad SMARTS) is 2. The molecule has 0 bridgehead atoms. The minimum Gasteiger partial charge on any atom is -0.481 e. The molecule has 0 radical (unpaired) electrons. The van der Waals surface area contributed by atoms with Crippen LogP contribution in [0.4, 0.5) is 0 Å². The molecule has 17 nitrogen and oxygen atoms in total. The zero-order chi connectivity index (χ0) is 33.4. The van der Waals surface area contributed by atoms with Crippen molar-refractivity contribution in [2.75, 3.05) is 6.54 Å². The van der Waals surface area contributed by atoms with Gasteiger partial charge in [-0.15, -0.1) is 0 Å². The lowest BCUT2D eigenvalue weighted by Gasteiger charge is -2.31. The van der Waals surface area contributed by atoms with Gasteiger partial charge in [0.25, 0.3) is 0 Å². The fraction of sp³-hybridized carbons (Fsp3) is 0.500. The van der Waals surface area contributed by atoms with E-state index in [0.29, 0.717) is 6.42 Å². The molecule has 0 saturated carbocycles. The van der Waals surface area contributed by atoms with Gasteiger partial charge in [-0.2, -0.15) is 0 Å². The van der Waals surface area contributed by atoms with Crippen LogP contribution >= 0.6 is 0 Å². The van der Waals surface area contributed by atoms with Crippen LogP contribution in [0, 0.1) is 0 Å². The Morgan fingerprint density at radius 2 is 1.40 bits per heavy atom. The fourth-order valence-corrected chi connectivity index (χ4v) is 5.03. The lowest BCUT2D eigenvalue weighted by molar-refractivity contribution is -0.146. The first-order chi connectivity index (χ1) is 21.2. The van der Waals surface area contributed by atoms with E-state index in [1.165, 1.54) is 19.1 Å². The second-order valence-electron chi connectivity index (χ2n) is 10.8. The van der Waals surface area contributed by atoms with Gasteiger partial charge in [-0.25, -0.2) is 0 Å². The summed E-state index contributed by atoms with van der Waals surface area (Å²) in [4.78, 5) is 104. The van der Waals surface area contributed by atoms with Gasteiger partial charge in [0.2, 0.25) is 35.4 Å². The first-order valence-corrected chi connectivity index (χ1v) is 14.2. The highest BCUT2D eigenvalue weighted by molar-refractivity contribution is 6.00. The summed E-state index contributed by atoms with van der Waals surface area (Å²) in [6, 6.07) is -1.40. The van der Waals surface area contributed by atoms with Crippen molar-refractivity contribution in [1.82, 2.24) is 31.5 Å². The van der Waals surface area contributed by atoms with Crippen molar-refractivity contribution in [3.63, 3.8) is 0 Å². The van der Waals surface area contributed by atoms with Gasteiger partial charge in [0.15, 0.2) is 0 Å². The first-order valence-electron chi connectivity index (χ1n) is 14.2. The Bertz CT molecular complexity index is 1340. The normalized spacial score (nSPS) is 27.8. The summed E-state index contributed by atoms with van der Waals surface area (Å²) in [7, 11) is 0. The average molecular weight is 633 g/mol. The third-order valence-corrected chi connectivity index (χ3v) is 7.34. The van der Waals surface area contributed by atoms with Gasteiger partial charge in [-0.1, -0.05) is 30.3 Å². The summed E-state index contributed by atoms with van der Waals surface area (Å²) in [5.74, 6) is -8.85. The van der Waals surface area contributed by atoms with Crippen LogP contribution < -0.4 is 26.6 Å². The van der Waals surface area contributed by atoms with Gasteiger partial charge >= 0.3 is 11.9 Å². The molecule has 0 aromatic heterocycles. The fourth-order valence-electron chi connectivity index (χ4n) is 5.03. The molecule has 3 rings (SSSR count). The number of rotatable bonds is 6. The molecular weight excluding hydrogens is 596 g/mol. The molecule has 0 spiro atoms. The highest BCUT2D eigenvalue weighted by Gasteiger charge is 2.41. The lowest BCUT2D eigenvalue weighted by atomic mass is 10.0. The van der Waals surface area contributed by atoms with E-state index in [-0.39, 0.29) is 18.5 Å². The number of amides is 6. The Morgan fingerprint density at radius 1 is 0.800 bits per heavy atom. The number of carbonyl (C=O) groups is 8. The van der Waals surface area contributed by atoms with Crippen molar-refractivity contribution in [2.24, 2.45) is 0 Å². The molecule has 17 heteroatoms. The average Bonchev–Trinajstić information content (AvgIpc) is 3.46. The second kappa shape index (κ2) is 15.1. The number of fused-ring (bicyclic) bond motifs is 1. The number of carbonyl (C=O) groups excluding carboxylic acids is 6. The number of benzene rings is 1. The SMILES string of the molecule is C[C@@H]1NC(=O)[C@H]2CCCN2C(=O)[C@H](CC(=O)O)NC(=O)[C@H]([C@@H](C)O)NC(=O)[C@H](CC(=O)O)NC(=O)[C@H](c2ccccc2)NC1=O. The van der Waals surface area contributed by atoms with Gasteiger partial charge in [-0.3, -0.25) is 38.4 Å². The van der Waals surface area contributed by atoms with Gasteiger partial charge < -0.3 is 46.8 Å². The third kappa shape index (κ3) is 8.98. The number of aliphatic hydroxyl groups is 1. The first kappa shape index (κ1) is 34.4. The highest BCUT2D eigenvalue weighted by Crippen LogP contribution is 2.20. The van der Waals surface area contributed by atoms with E-state index in [1.807, 2.05) is 0 Å². The maximum atomic E-state index is 13.5. The number of nitrogens with zero attached hydrogens (tertiary/aromatic N) is 1. The third-order valence-electron chi connectivity index (χ3n) is 7.34. The summed E-state index contributed by atoms with van der Waals surface area (Å²) in [5.41, 5.74) is 0.254. The van der Waals surface area contributed by atoms with E-state index < -0.39 is 103 Å². The second-order valence-corrected chi connectivity index (χ2v) is 10.8. The Balaban J connectivity index is 2.06. The van der Waals surface area contributed by atoms with E-state index in [9.17, 15) is 53.7 Å². The molecule has 7 atom stereocenters. The quantitative estimate of drug-likeness (QED) is 0.158. The van der Waals surface area contributed by atoms with E-state index in [1.54, 1.807) is 18.2 Å². The van der Waals surface area contributed by atoms with Gasteiger partial charge in [-0.05, 0) is 32.3 Å². The summed E-state index contributed by atoms with van der Waals surface area (Å²) in [6.45, 7) is 2.47. The predicted octanol–water partition coefficient (Wildman–Crippen LogP) is -2.86. The summed E-state index contributed by atoms with van der Waals surface area (Å²) in [6.07, 6.45) is -2.99. The summed E-state index contributed by atoms with van der Waals surface area (Å²) in [5, 5.41) is 40.8. The zero-order valence-electron chi connectivity index (χ0n) is 24.5. The number of carboxylic acids is 2. The molecule has 2 heterocycles. The van der Waals surface area contributed by atoms with Gasteiger partial charge in [0.05, 0.1) is 18.9 Å². The molecule has 0 aliphatic carbocycles. The molecule has 1 aromatic carbocycles. The lowest BCUT2D eigenvalue weighted by Crippen LogP contribution is -2.62. The van der Waals surface area contributed by atoms with Crippen LogP contribution in [0.1, 0.15) is 51.1 Å². The zero-order valence-corrected chi connectivity index (χ0v) is 24.5. The standard InChI is InChI=1S/C28H36N6O11/c1-13-23(40)33-22(15-7-4-3-5-8-15)27(44)30-16(11-19(36)37)24(41)32-21(14(2)35)26(43)31-17(12-20(38)39)28(45)34-10-6-9-18(34)25(42)29-13/h3-5,7-8,13-14,16-18,21-22,35H,6,9-12H2,1-2H3,(H,29,42)(H,30,44)(H,31,43)(H,32,41)(H,33,40)(H,36,37)(H,38,39)/t13-,14+,16-,17-,18+,21-,22-/m0/s1. The predicted molar refractivity (Wildman–Crippen MR) is 152 cm³/mol. The van der Waals surface area contributed by atoms with Crippen LogP contribution in [0.5, 0.6) is 0 Å². The van der Waals surface area contributed by atoms with Crippen LogP contribution in [0.25, 0.3) is 0 Å². The van der Waals surface area contributed by atoms with Gasteiger partial charge in [0.1, 0.15) is 36.3 Å². The van der Waals surface area contributed by atoms with Crippen LogP contribution in [0.3, 0.4) is 0 Å². The highest BCUT2D eigenvalue weighted by atomic mass is 16.4. The Kier molecular flexibility index (Phi) is 11.5. The van der Waals surface area contributed by atoms with Crippen molar-refractivity contribution in [1.29, 1.82) is 0 Å². The Hall–Kier alpha value is -5.06. The van der Waals surface area contributed by atoms with Crippen molar-refractivity contribution >= 4 is 47.4 Å². The molecule has 1 aromatic rings. The van der Waals surface area contributed by atoms with Crippen molar-refractivity contribution in [2.45, 2.75) is 81.9 Å². The maximum Gasteiger partial charge on any atom is 0.305 e. The number of aliphatic hydroxyl groups excluding tert-OH is 1. The van der Waals surface area contributed by atoms with Gasteiger partial charge in [0, 0.05) is 6.54 Å². The summed E-state index contributed by atoms with van der Waals surface area (Å²) >= 11 is 0. The summed E-state index contributed by atoms with van der Waals surface area (Å²) < 4.78 is 0. The Morgan fingerprint density at radius 3 is 2.00 bits per heavy atom. The largest absolute Gasteiger partial charge is 0.481 e. The molecule has 8 N–H and O–H groups in total. The minimum atomic E-state index is -1.82. The topological polar surface area (TPSA) is 261 Å². The van der Waals surface area contributed by atoms with E-state index >= 15 is 0 Å². The molecule has 2 fully saturated rings. The van der Waals surface area contributed by atoms with Crippen LogP contribution in [0.2, 0.25) is 0 Å². The molecule has 2 saturated heterocycles. The molecule has 6 amide bonds. The van der Waals surface area contributed by atoms with E-state index in [2.05, 4.69) is 26.6 Å². The Labute approximate surface area is 257 Å². The van der Waals surface area contributed by atoms with Crippen LogP contribution in [-0.2, 0) is 38.4 Å². The van der Waals surface area contributed by atoms with E-state index in [0.717, 1.165) is 11.8 Å². The van der Waals surface area contributed by atoms with Crippen LogP contribution in [0.15, 0.2) is 30.3 Å². The van der Waals surface area contributed by atoms with Crippen LogP contribution in [-0.4, -0.2) is 110 Å². The molecule has 0 unspecified atom stereocenters. The van der Waals surface area contributed by atoms with E-state index in [4.69, 9.17) is 0 Å². The number of hydrogen-bond acceptors (Lipinski definition) is 9.